The van der Waals surface area contributed by atoms with Gasteiger partial charge >= 0.3 is 0 Å². The summed E-state index contributed by atoms with van der Waals surface area (Å²) in [5.74, 6) is 1.67. The van der Waals surface area contributed by atoms with Crippen molar-refractivity contribution in [2.75, 3.05) is 31.7 Å². The number of hydrogen-bond donors (Lipinski definition) is 1. The fourth-order valence-corrected chi connectivity index (χ4v) is 4.97. The van der Waals surface area contributed by atoms with Gasteiger partial charge in [0.15, 0.2) is 5.82 Å². The molecule has 1 atom stereocenters. The molecule has 0 aliphatic carbocycles. The van der Waals surface area contributed by atoms with Gasteiger partial charge in [-0.25, -0.2) is 9.97 Å². The number of nitrogens with one attached hydrogen (secondary N) is 1. The van der Waals surface area contributed by atoms with Crippen LogP contribution in [-0.2, 0) is 28.0 Å². The normalized spacial score (nSPS) is 21.4. The van der Waals surface area contributed by atoms with E-state index in [1.54, 1.807) is 12.0 Å². The molecule has 0 spiro atoms. The molecule has 7 heteroatoms. The summed E-state index contributed by atoms with van der Waals surface area (Å²) in [5.41, 5.74) is 4.04. The molecule has 31 heavy (non-hydrogen) atoms. The minimum atomic E-state index is -0.261. The molecule has 1 N–H and O–H groups in total. The van der Waals surface area contributed by atoms with Crippen molar-refractivity contribution in [1.29, 1.82) is 0 Å². The zero-order valence-electron chi connectivity index (χ0n) is 18.4. The summed E-state index contributed by atoms with van der Waals surface area (Å²) in [5, 5.41) is 1.23. The Morgan fingerprint density at radius 2 is 2.13 bits per heavy atom. The molecule has 0 unspecified atom stereocenters. The van der Waals surface area contributed by atoms with Gasteiger partial charge in [-0.3, -0.25) is 14.6 Å². The quantitative estimate of drug-likeness (QED) is 0.664. The second-order valence-corrected chi connectivity index (χ2v) is 8.85. The van der Waals surface area contributed by atoms with Crippen molar-refractivity contribution in [1.82, 2.24) is 19.9 Å². The van der Waals surface area contributed by atoms with Crippen molar-refractivity contribution >= 4 is 22.6 Å². The minimum Gasteiger partial charge on any atom is -0.383 e. The number of methoxy groups -OCH3 is 1. The number of aromatic amines is 1. The first-order valence-corrected chi connectivity index (χ1v) is 11.0. The van der Waals surface area contributed by atoms with E-state index in [9.17, 15) is 4.79 Å². The third kappa shape index (κ3) is 3.42. The van der Waals surface area contributed by atoms with Gasteiger partial charge < -0.3 is 9.72 Å². The number of amides is 1. The van der Waals surface area contributed by atoms with E-state index in [0.717, 1.165) is 54.3 Å². The molecule has 7 nitrogen and oxygen atoms in total. The fourth-order valence-electron chi connectivity index (χ4n) is 4.97. The Labute approximate surface area is 182 Å². The number of likely N-dealkylation sites (tertiary alicyclic amines) is 1. The van der Waals surface area contributed by atoms with Crippen LogP contribution in [0.4, 0.5) is 5.82 Å². The maximum Gasteiger partial charge on any atom is 0.232 e. The number of anilines is 1. The monoisotopic (exact) mass is 419 g/mol. The van der Waals surface area contributed by atoms with Crippen molar-refractivity contribution in [2.24, 2.45) is 0 Å². The van der Waals surface area contributed by atoms with Gasteiger partial charge in [0, 0.05) is 36.6 Å². The molecule has 1 fully saturated rings. The SMILES string of the molecule is COCCN1C(=O)Cc2c(C)nc([C@@]3(C)CCCN3Cc3ccc4cc[nH]c4c3)nc21. The van der Waals surface area contributed by atoms with Gasteiger partial charge in [-0.05, 0) is 56.3 Å². The minimum absolute atomic E-state index is 0.0780. The van der Waals surface area contributed by atoms with Crippen LogP contribution in [0.2, 0.25) is 0 Å². The van der Waals surface area contributed by atoms with E-state index in [0.29, 0.717) is 19.6 Å². The van der Waals surface area contributed by atoms with E-state index in [2.05, 4.69) is 41.1 Å². The summed E-state index contributed by atoms with van der Waals surface area (Å²) >= 11 is 0. The van der Waals surface area contributed by atoms with Crippen LogP contribution in [-0.4, -0.2) is 52.6 Å². The lowest BCUT2D eigenvalue weighted by Crippen LogP contribution is -2.40. The molecular weight excluding hydrogens is 390 g/mol. The molecule has 162 valence electrons. The largest absolute Gasteiger partial charge is 0.383 e. The summed E-state index contributed by atoms with van der Waals surface area (Å²) in [4.78, 5) is 30.0. The zero-order valence-corrected chi connectivity index (χ0v) is 18.4. The van der Waals surface area contributed by atoms with Crippen molar-refractivity contribution < 1.29 is 9.53 Å². The van der Waals surface area contributed by atoms with Gasteiger partial charge in [0.05, 0.1) is 25.1 Å². The molecule has 1 saturated heterocycles. The lowest BCUT2D eigenvalue weighted by molar-refractivity contribution is -0.117. The third-order valence-corrected chi connectivity index (χ3v) is 6.86. The number of H-pyrrole nitrogens is 1. The summed E-state index contributed by atoms with van der Waals surface area (Å²) in [6.45, 7) is 7.11. The van der Waals surface area contributed by atoms with Gasteiger partial charge in [0.25, 0.3) is 0 Å². The first kappa shape index (κ1) is 20.2. The maximum absolute atomic E-state index is 12.6. The van der Waals surface area contributed by atoms with Gasteiger partial charge in [-0.1, -0.05) is 12.1 Å². The number of ether oxygens (including phenoxy) is 1. The Balaban J connectivity index is 1.47. The third-order valence-electron chi connectivity index (χ3n) is 6.86. The molecule has 2 aromatic heterocycles. The van der Waals surface area contributed by atoms with Crippen molar-refractivity contribution in [3.63, 3.8) is 0 Å². The topological polar surface area (TPSA) is 74.3 Å². The Hall–Kier alpha value is -2.77. The second kappa shape index (κ2) is 7.73. The number of carbonyl (C=O) groups is 1. The van der Waals surface area contributed by atoms with Crippen molar-refractivity contribution in [2.45, 2.75) is 45.2 Å². The molecule has 4 heterocycles. The average molecular weight is 420 g/mol. The predicted molar refractivity (Wildman–Crippen MR) is 120 cm³/mol. The van der Waals surface area contributed by atoms with Crippen LogP contribution in [0.1, 0.15) is 42.4 Å². The molecule has 5 rings (SSSR count). The molecule has 1 aromatic carbocycles. The molecular formula is C24H29N5O2. The zero-order chi connectivity index (χ0) is 21.6. The number of aromatic nitrogens is 3. The number of carbonyl (C=O) groups excluding carboxylic acids is 1. The number of nitrogens with zero attached hydrogens (tertiary/aromatic N) is 4. The average Bonchev–Trinajstić information content (AvgIpc) is 3.45. The van der Waals surface area contributed by atoms with Crippen LogP contribution in [0.25, 0.3) is 10.9 Å². The predicted octanol–water partition coefficient (Wildman–Crippen LogP) is 3.31. The van der Waals surface area contributed by atoms with Crippen LogP contribution in [0, 0.1) is 6.92 Å². The fraction of sp³-hybridized carbons (Fsp3) is 0.458. The first-order valence-electron chi connectivity index (χ1n) is 11.0. The lowest BCUT2D eigenvalue weighted by Gasteiger charge is -2.34. The van der Waals surface area contributed by atoms with Gasteiger partial charge in [-0.2, -0.15) is 0 Å². The molecule has 2 aliphatic heterocycles. The Morgan fingerprint density at radius 1 is 1.26 bits per heavy atom. The second-order valence-electron chi connectivity index (χ2n) is 8.85. The molecule has 3 aromatic rings. The summed E-state index contributed by atoms with van der Waals surface area (Å²) in [7, 11) is 1.65. The summed E-state index contributed by atoms with van der Waals surface area (Å²) < 4.78 is 5.21. The van der Waals surface area contributed by atoms with Crippen molar-refractivity contribution in [3.8, 4) is 0 Å². The smallest absolute Gasteiger partial charge is 0.232 e. The highest BCUT2D eigenvalue weighted by molar-refractivity contribution is 6.00. The number of hydrogen-bond acceptors (Lipinski definition) is 5. The first-order chi connectivity index (χ1) is 15.0. The van der Waals surface area contributed by atoms with E-state index in [4.69, 9.17) is 14.7 Å². The van der Waals surface area contributed by atoms with E-state index >= 15 is 0 Å². The van der Waals surface area contributed by atoms with E-state index in [-0.39, 0.29) is 11.4 Å². The van der Waals surface area contributed by atoms with Crippen LogP contribution < -0.4 is 4.90 Å². The highest BCUT2D eigenvalue weighted by atomic mass is 16.5. The van der Waals surface area contributed by atoms with Gasteiger partial charge in [0.1, 0.15) is 5.82 Å². The van der Waals surface area contributed by atoms with Gasteiger partial charge in [0.2, 0.25) is 5.91 Å². The molecule has 0 bridgehead atoms. The number of aryl methyl sites for hydroxylation is 1. The lowest BCUT2D eigenvalue weighted by atomic mass is 9.96. The number of benzene rings is 1. The Morgan fingerprint density at radius 3 is 2.97 bits per heavy atom. The molecule has 1 amide bonds. The molecule has 2 aliphatic rings. The molecule has 0 saturated carbocycles. The highest BCUT2D eigenvalue weighted by Gasteiger charge is 2.42. The highest BCUT2D eigenvalue weighted by Crippen LogP contribution is 2.40. The summed E-state index contributed by atoms with van der Waals surface area (Å²) in [6.07, 6.45) is 4.46. The van der Waals surface area contributed by atoms with Crippen LogP contribution in [0.3, 0.4) is 0 Å². The maximum atomic E-state index is 12.6. The summed E-state index contributed by atoms with van der Waals surface area (Å²) in [6, 6.07) is 8.70. The van der Waals surface area contributed by atoms with E-state index in [1.165, 1.54) is 10.9 Å². The Kier molecular flexibility index (Phi) is 5.02. The number of fused-ring (bicyclic) bond motifs is 2. The van der Waals surface area contributed by atoms with Crippen LogP contribution in [0.5, 0.6) is 0 Å². The van der Waals surface area contributed by atoms with Gasteiger partial charge in [-0.15, -0.1) is 0 Å². The molecule has 0 radical (unpaired) electrons. The van der Waals surface area contributed by atoms with Crippen LogP contribution in [0.15, 0.2) is 30.5 Å². The van der Waals surface area contributed by atoms with Crippen LogP contribution >= 0.6 is 0 Å². The Bertz CT molecular complexity index is 1140. The van der Waals surface area contributed by atoms with E-state index < -0.39 is 0 Å². The number of rotatable bonds is 6. The van der Waals surface area contributed by atoms with E-state index in [1.807, 2.05) is 13.1 Å². The standard InChI is InChI=1S/C24H29N5O2/c1-16-19-14-21(30)29(11-12-31-3)22(19)27-23(26-16)24(2)8-4-10-28(24)15-17-5-6-18-7-9-25-20(18)13-17/h5-7,9,13,25H,4,8,10-12,14-15H2,1-3H3/t24-/m1/s1. The van der Waals surface area contributed by atoms with Crippen molar-refractivity contribution in [3.05, 3.63) is 53.1 Å².